The number of ether oxygens (including phenoxy) is 2. The first-order valence-electron chi connectivity index (χ1n) is 7.85. The van der Waals surface area contributed by atoms with Gasteiger partial charge in [-0.3, -0.25) is 0 Å². The van der Waals surface area contributed by atoms with Crippen LogP contribution < -0.4 is 5.32 Å². The number of nitrogens with zero attached hydrogens (tertiary/aromatic N) is 1. The summed E-state index contributed by atoms with van der Waals surface area (Å²) in [6.07, 6.45) is 0.308. The lowest BCUT2D eigenvalue weighted by Gasteiger charge is -2.37. The number of hydrogen-bond donors (Lipinski definition) is 2. The first-order valence-corrected chi connectivity index (χ1v) is 7.85. The zero-order valence-electron chi connectivity index (χ0n) is 15.2. The first kappa shape index (κ1) is 21.1. The summed E-state index contributed by atoms with van der Waals surface area (Å²) in [5.41, 5.74) is -0.832. The number of carbonyl (C=O) groups excluding carboxylic acids is 1. The lowest BCUT2D eigenvalue weighted by atomic mass is 10.1. The molecule has 1 atom stereocenters. The van der Waals surface area contributed by atoms with Crippen molar-refractivity contribution in [1.29, 1.82) is 0 Å². The highest BCUT2D eigenvalue weighted by molar-refractivity contribution is 5.69. The maximum Gasteiger partial charge on any atom is 0.410 e. The lowest BCUT2D eigenvalue weighted by molar-refractivity contribution is 0.00618. The van der Waals surface area contributed by atoms with E-state index in [4.69, 9.17) is 14.6 Å². The average molecular weight is 318 g/mol. The number of amides is 1. The quantitative estimate of drug-likeness (QED) is 0.716. The van der Waals surface area contributed by atoms with Crippen LogP contribution in [0.4, 0.5) is 4.79 Å². The van der Waals surface area contributed by atoms with Gasteiger partial charge in [0.1, 0.15) is 5.60 Å². The number of aliphatic hydroxyl groups excluding tert-OH is 1. The lowest BCUT2D eigenvalue weighted by Crippen LogP contribution is -2.51. The molecular weight excluding hydrogens is 284 g/mol. The molecule has 0 aliphatic heterocycles. The minimum absolute atomic E-state index is 0.0791. The molecule has 0 heterocycles. The number of hydrogen-bond acceptors (Lipinski definition) is 5. The molecule has 22 heavy (non-hydrogen) atoms. The van der Waals surface area contributed by atoms with Crippen LogP contribution >= 0.6 is 0 Å². The Bertz CT molecular complexity index is 315. The van der Waals surface area contributed by atoms with Gasteiger partial charge in [0.2, 0.25) is 0 Å². The molecule has 6 heteroatoms. The molecule has 132 valence electrons. The van der Waals surface area contributed by atoms with E-state index < -0.39 is 5.60 Å². The zero-order valence-corrected chi connectivity index (χ0v) is 15.2. The molecule has 0 saturated carbocycles. The maximum atomic E-state index is 12.3. The minimum Gasteiger partial charge on any atom is -0.444 e. The van der Waals surface area contributed by atoms with Crippen molar-refractivity contribution in [1.82, 2.24) is 10.2 Å². The monoisotopic (exact) mass is 318 g/mol. The molecule has 1 amide bonds. The van der Waals surface area contributed by atoms with Gasteiger partial charge in [-0.05, 0) is 48.0 Å². The van der Waals surface area contributed by atoms with Crippen LogP contribution in [0.1, 0.15) is 48.0 Å². The summed E-state index contributed by atoms with van der Waals surface area (Å²) in [5.74, 6) is 0. The van der Waals surface area contributed by atoms with Crippen LogP contribution in [0.2, 0.25) is 0 Å². The van der Waals surface area contributed by atoms with E-state index in [1.165, 1.54) is 0 Å². The van der Waals surface area contributed by atoms with Gasteiger partial charge in [0, 0.05) is 38.4 Å². The van der Waals surface area contributed by atoms with Crippen molar-refractivity contribution in [2.75, 3.05) is 33.4 Å². The zero-order chi connectivity index (χ0) is 17.4. The van der Waals surface area contributed by atoms with Gasteiger partial charge in [-0.25, -0.2) is 4.79 Å². The smallest absolute Gasteiger partial charge is 0.410 e. The van der Waals surface area contributed by atoms with Crippen LogP contribution in [0.25, 0.3) is 0 Å². The molecule has 1 unspecified atom stereocenters. The Hall–Kier alpha value is -0.850. The Balaban J connectivity index is 4.58. The Kier molecular flexibility index (Phi) is 8.96. The second-order valence-corrected chi connectivity index (χ2v) is 7.42. The third kappa shape index (κ3) is 9.23. The van der Waals surface area contributed by atoms with Gasteiger partial charge in [-0.1, -0.05) is 0 Å². The van der Waals surface area contributed by atoms with Crippen molar-refractivity contribution in [2.45, 2.75) is 65.1 Å². The molecular formula is C16H34N2O4. The van der Waals surface area contributed by atoms with E-state index in [9.17, 15) is 4.79 Å². The molecule has 0 rings (SSSR count). The summed E-state index contributed by atoms with van der Waals surface area (Å²) in [6, 6.07) is 0.0791. The molecule has 0 aromatic rings. The van der Waals surface area contributed by atoms with Crippen LogP contribution in [0.3, 0.4) is 0 Å². The highest BCUT2D eigenvalue weighted by atomic mass is 16.6. The fourth-order valence-corrected chi connectivity index (χ4v) is 2.00. The third-order valence-electron chi connectivity index (χ3n) is 3.04. The normalized spacial score (nSPS) is 13.8. The van der Waals surface area contributed by atoms with E-state index >= 15 is 0 Å². The Morgan fingerprint density at radius 2 is 1.82 bits per heavy atom. The van der Waals surface area contributed by atoms with E-state index in [-0.39, 0.29) is 24.3 Å². The van der Waals surface area contributed by atoms with Crippen molar-refractivity contribution in [3.05, 3.63) is 0 Å². The molecule has 0 spiro atoms. The second kappa shape index (κ2) is 9.33. The summed E-state index contributed by atoms with van der Waals surface area (Å²) >= 11 is 0. The van der Waals surface area contributed by atoms with Gasteiger partial charge < -0.3 is 24.8 Å². The summed E-state index contributed by atoms with van der Waals surface area (Å²) in [7, 11) is 1.63. The maximum absolute atomic E-state index is 12.3. The number of aliphatic hydroxyl groups is 1. The molecule has 0 aliphatic rings. The SMILES string of the molecule is COCC(CCO)NCCN(C(=O)OC(C)(C)C)C(C)(C)C. The van der Waals surface area contributed by atoms with E-state index in [0.717, 1.165) is 0 Å². The topological polar surface area (TPSA) is 71.0 Å². The molecule has 0 aromatic heterocycles. The largest absolute Gasteiger partial charge is 0.444 e. The van der Waals surface area contributed by atoms with Crippen molar-refractivity contribution in [3.63, 3.8) is 0 Å². The fourth-order valence-electron chi connectivity index (χ4n) is 2.00. The molecule has 0 aliphatic carbocycles. The highest BCUT2D eigenvalue weighted by Gasteiger charge is 2.30. The molecule has 2 N–H and O–H groups in total. The van der Waals surface area contributed by atoms with Gasteiger partial charge >= 0.3 is 6.09 Å². The van der Waals surface area contributed by atoms with Gasteiger partial charge in [0.05, 0.1) is 6.61 Å². The Morgan fingerprint density at radius 1 is 1.23 bits per heavy atom. The van der Waals surface area contributed by atoms with Gasteiger partial charge in [-0.2, -0.15) is 0 Å². The predicted octanol–water partition coefficient (Wildman–Crippen LogP) is 2.01. The third-order valence-corrected chi connectivity index (χ3v) is 3.04. The summed E-state index contributed by atoms with van der Waals surface area (Å²) in [4.78, 5) is 14.1. The average Bonchev–Trinajstić information content (AvgIpc) is 2.30. The number of rotatable bonds is 8. The van der Waals surface area contributed by atoms with Crippen molar-refractivity contribution < 1.29 is 19.4 Å². The van der Waals surface area contributed by atoms with Gasteiger partial charge in [0.25, 0.3) is 0 Å². The van der Waals surface area contributed by atoms with Crippen molar-refractivity contribution in [2.24, 2.45) is 0 Å². The van der Waals surface area contributed by atoms with Crippen LogP contribution in [0.5, 0.6) is 0 Å². The molecule has 0 saturated heterocycles. The number of methoxy groups -OCH3 is 1. The molecule has 0 bridgehead atoms. The minimum atomic E-state index is -0.510. The fraction of sp³-hybridized carbons (Fsp3) is 0.938. The first-order chi connectivity index (χ1) is 10.0. The van der Waals surface area contributed by atoms with Crippen LogP contribution in [0, 0.1) is 0 Å². The van der Waals surface area contributed by atoms with Crippen molar-refractivity contribution in [3.8, 4) is 0 Å². The highest BCUT2D eigenvalue weighted by Crippen LogP contribution is 2.17. The van der Waals surface area contributed by atoms with Gasteiger partial charge in [-0.15, -0.1) is 0 Å². The second-order valence-electron chi connectivity index (χ2n) is 7.42. The van der Waals surface area contributed by atoms with Gasteiger partial charge in [0.15, 0.2) is 0 Å². The molecule has 0 radical (unpaired) electrons. The number of carbonyl (C=O) groups is 1. The molecule has 0 fully saturated rings. The summed E-state index contributed by atoms with van der Waals surface area (Å²) in [5, 5.41) is 12.3. The van der Waals surface area contributed by atoms with Crippen LogP contribution in [-0.4, -0.2) is 66.7 Å². The molecule has 6 nitrogen and oxygen atoms in total. The van der Waals surface area contributed by atoms with Crippen LogP contribution in [-0.2, 0) is 9.47 Å². The van der Waals surface area contributed by atoms with E-state index in [2.05, 4.69) is 5.32 Å². The van der Waals surface area contributed by atoms with Crippen LogP contribution in [0.15, 0.2) is 0 Å². The van der Waals surface area contributed by atoms with E-state index in [0.29, 0.717) is 26.1 Å². The van der Waals surface area contributed by atoms with E-state index in [1.54, 1.807) is 12.0 Å². The summed E-state index contributed by atoms with van der Waals surface area (Å²) in [6.45, 7) is 13.3. The predicted molar refractivity (Wildman–Crippen MR) is 88.1 cm³/mol. The van der Waals surface area contributed by atoms with Crippen molar-refractivity contribution >= 4 is 6.09 Å². The Labute approximate surface area is 135 Å². The Morgan fingerprint density at radius 3 is 2.23 bits per heavy atom. The summed E-state index contributed by atoms with van der Waals surface area (Å²) < 4.78 is 10.6. The van der Waals surface area contributed by atoms with E-state index in [1.807, 2.05) is 41.5 Å². The number of nitrogens with one attached hydrogen (secondary N) is 1. The standard InChI is InChI=1S/C16H34N2O4/c1-15(2,3)18(14(20)22-16(4,5)6)10-9-17-13(8-11-19)12-21-7/h13,17,19H,8-12H2,1-7H3. The molecule has 0 aromatic carbocycles.